The zero-order valence-electron chi connectivity index (χ0n) is 11.1. The Morgan fingerprint density at radius 1 is 1.33 bits per heavy atom. The number of phenols is 1. The van der Waals surface area contributed by atoms with Crippen molar-refractivity contribution >= 4 is 15.9 Å². The van der Waals surface area contributed by atoms with Gasteiger partial charge in [0.05, 0.1) is 11.1 Å². The first-order valence-corrected chi connectivity index (χ1v) is 7.15. The van der Waals surface area contributed by atoms with Crippen molar-refractivity contribution in [2.75, 3.05) is 19.8 Å². The minimum Gasteiger partial charge on any atom is -0.506 e. The van der Waals surface area contributed by atoms with Crippen LogP contribution in [-0.2, 0) is 11.3 Å². The molecular weight excluding hydrogens is 294 g/mol. The smallest absolute Gasteiger partial charge is 0.134 e. The predicted molar refractivity (Wildman–Crippen MR) is 77.8 cm³/mol. The van der Waals surface area contributed by atoms with Crippen molar-refractivity contribution in [3.8, 4) is 5.75 Å². The molecule has 0 spiro atoms. The fourth-order valence-corrected chi connectivity index (χ4v) is 1.90. The molecule has 0 unspecified atom stereocenters. The van der Waals surface area contributed by atoms with E-state index in [0.29, 0.717) is 24.8 Å². The van der Waals surface area contributed by atoms with Gasteiger partial charge in [0.1, 0.15) is 5.75 Å². The van der Waals surface area contributed by atoms with Gasteiger partial charge in [-0.15, -0.1) is 0 Å². The summed E-state index contributed by atoms with van der Waals surface area (Å²) < 4.78 is 6.23. The Balaban J connectivity index is 2.13. The summed E-state index contributed by atoms with van der Waals surface area (Å²) in [5.41, 5.74) is 0.895. The molecule has 0 aliphatic rings. The van der Waals surface area contributed by atoms with Crippen molar-refractivity contribution in [2.24, 2.45) is 5.92 Å². The standard InChI is InChI=1S/C14H22BrNO2/c1-11(2)6-8-18-9-7-16-10-12-4-3-5-13(15)14(12)17/h3-5,11,16-17H,6-10H2,1-2H3. The summed E-state index contributed by atoms with van der Waals surface area (Å²) in [4.78, 5) is 0. The third kappa shape index (κ3) is 5.85. The lowest BCUT2D eigenvalue weighted by molar-refractivity contribution is 0.125. The van der Waals surface area contributed by atoms with Gasteiger partial charge >= 0.3 is 0 Å². The second kappa shape index (κ2) is 8.51. The highest BCUT2D eigenvalue weighted by Gasteiger charge is 2.03. The van der Waals surface area contributed by atoms with Crippen molar-refractivity contribution in [3.63, 3.8) is 0 Å². The van der Waals surface area contributed by atoms with Crippen molar-refractivity contribution in [1.29, 1.82) is 0 Å². The number of hydrogen-bond acceptors (Lipinski definition) is 3. The lowest BCUT2D eigenvalue weighted by Crippen LogP contribution is -2.19. The van der Waals surface area contributed by atoms with Crippen LogP contribution in [-0.4, -0.2) is 24.9 Å². The van der Waals surface area contributed by atoms with Gasteiger partial charge in [-0.25, -0.2) is 0 Å². The molecule has 0 atom stereocenters. The topological polar surface area (TPSA) is 41.5 Å². The van der Waals surface area contributed by atoms with E-state index >= 15 is 0 Å². The Kier molecular flexibility index (Phi) is 7.32. The molecule has 0 radical (unpaired) electrons. The first-order valence-electron chi connectivity index (χ1n) is 6.36. The van der Waals surface area contributed by atoms with Crippen molar-refractivity contribution in [3.05, 3.63) is 28.2 Å². The molecule has 0 aliphatic carbocycles. The van der Waals surface area contributed by atoms with E-state index in [1.807, 2.05) is 18.2 Å². The second-order valence-corrected chi connectivity index (χ2v) is 5.57. The summed E-state index contributed by atoms with van der Waals surface area (Å²) >= 11 is 3.30. The van der Waals surface area contributed by atoms with Crippen molar-refractivity contribution in [2.45, 2.75) is 26.8 Å². The minimum atomic E-state index is 0.311. The summed E-state index contributed by atoms with van der Waals surface area (Å²) in [5.74, 6) is 1.00. The van der Waals surface area contributed by atoms with E-state index < -0.39 is 0 Å². The molecule has 0 heterocycles. The molecule has 1 rings (SSSR count). The van der Waals surface area contributed by atoms with Gasteiger partial charge in [-0.3, -0.25) is 0 Å². The third-order valence-electron chi connectivity index (χ3n) is 2.65. The van der Waals surface area contributed by atoms with Gasteiger partial charge in [-0.05, 0) is 34.3 Å². The molecule has 2 N–H and O–H groups in total. The molecule has 3 nitrogen and oxygen atoms in total. The normalized spacial score (nSPS) is 11.1. The number of hydrogen-bond donors (Lipinski definition) is 2. The van der Waals surface area contributed by atoms with E-state index in [0.717, 1.165) is 29.6 Å². The van der Waals surface area contributed by atoms with Crippen LogP contribution in [0.3, 0.4) is 0 Å². The highest BCUT2D eigenvalue weighted by molar-refractivity contribution is 9.10. The van der Waals surface area contributed by atoms with Crippen LogP contribution in [0.1, 0.15) is 25.8 Å². The minimum absolute atomic E-state index is 0.311. The zero-order valence-corrected chi connectivity index (χ0v) is 12.7. The second-order valence-electron chi connectivity index (χ2n) is 4.72. The van der Waals surface area contributed by atoms with E-state index in [1.165, 1.54) is 0 Å². The van der Waals surface area contributed by atoms with Crippen LogP contribution in [0.4, 0.5) is 0 Å². The van der Waals surface area contributed by atoms with Crippen LogP contribution in [0.25, 0.3) is 0 Å². The first-order chi connectivity index (χ1) is 8.61. The van der Waals surface area contributed by atoms with E-state index in [1.54, 1.807) is 0 Å². The third-order valence-corrected chi connectivity index (χ3v) is 3.29. The lowest BCUT2D eigenvalue weighted by Gasteiger charge is -2.09. The van der Waals surface area contributed by atoms with Gasteiger partial charge in [-0.1, -0.05) is 26.0 Å². The molecule has 0 fully saturated rings. The summed E-state index contributed by atoms with van der Waals surface area (Å²) in [6.07, 6.45) is 1.10. The summed E-state index contributed by atoms with van der Waals surface area (Å²) in [6.45, 7) is 7.36. The Bertz CT molecular complexity index is 356. The number of phenolic OH excluding ortho intramolecular Hbond substituents is 1. The predicted octanol–water partition coefficient (Wildman–Crippen LogP) is 3.31. The number of aromatic hydroxyl groups is 1. The van der Waals surface area contributed by atoms with Crippen LogP contribution >= 0.6 is 15.9 Å². The molecular formula is C14H22BrNO2. The highest BCUT2D eigenvalue weighted by atomic mass is 79.9. The van der Waals surface area contributed by atoms with Crippen LogP contribution in [0, 0.1) is 5.92 Å². The molecule has 0 bridgehead atoms. The van der Waals surface area contributed by atoms with Gasteiger partial charge in [0.25, 0.3) is 0 Å². The van der Waals surface area contributed by atoms with Crippen LogP contribution in [0.2, 0.25) is 0 Å². The highest BCUT2D eigenvalue weighted by Crippen LogP contribution is 2.26. The zero-order chi connectivity index (χ0) is 13.4. The summed E-state index contributed by atoms with van der Waals surface area (Å²) in [7, 11) is 0. The van der Waals surface area contributed by atoms with Crippen LogP contribution in [0.15, 0.2) is 22.7 Å². The molecule has 4 heteroatoms. The molecule has 0 aliphatic heterocycles. The molecule has 0 aromatic heterocycles. The lowest BCUT2D eigenvalue weighted by atomic mass is 10.1. The number of halogens is 1. The maximum Gasteiger partial charge on any atom is 0.134 e. The van der Waals surface area contributed by atoms with Gasteiger partial charge in [0.15, 0.2) is 0 Å². The molecule has 0 saturated carbocycles. The maximum absolute atomic E-state index is 9.78. The van der Waals surface area contributed by atoms with E-state index in [4.69, 9.17) is 4.74 Å². The largest absolute Gasteiger partial charge is 0.506 e. The SMILES string of the molecule is CC(C)CCOCCNCc1cccc(Br)c1O. The molecule has 0 saturated heterocycles. The average molecular weight is 316 g/mol. The number of rotatable bonds is 8. The molecule has 1 aromatic carbocycles. The fourth-order valence-electron chi connectivity index (χ4n) is 1.49. The number of benzene rings is 1. The Morgan fingerprint density at radius 3 is 2.83 bits per heavy atom. The van der Waals surface area contributed by atoms with Gasteiger partial charge < -0.3 is 15.2 Å². The maximum atomic E-state index is 9.78. The van der Waals surface area contributed by atoms with Gasteiger partial charge in [0, 0.05) is 25.3 Å². The van der Waals surface area contributed by atoms with Crippen LogP contribution < -0.4 is 5.32 Å². The van der Waals surface area contributed by atoms with E-state index in [9.17, 15) is 5.11 Å². The summed E-state index contributed by atoms with van der Waals surface area (Å²) in [6, 6.07) is 5.65. The quantitative estimate of drug-likeness (QED) is 0.723. The average Bonchev–Trinajstić information content (AvgIpc) is 2.32. The fraction of sp³-hybridized carbons (Fsp3) is 0.571. The number of nitrogens with one attached hydrogen (secondary N) is 1. The Morgan fingerprint density at radius 2 is 2.11 bits per heavy atom. The van der Waals surface area contributed by atoms with Gasteiger partial charge in [-0.2, -0.15) is 0 Å². The molecule has 102 valence electrons. The van der Waals surface area contributed by atoms with Crippen LogP contribution in [0.5, 0.6) is 5.75 Å². The van der Waals surface area contributed by atoms with E-state index in [2.05, 4.69) is 35.1 Å². The van der Waals surface area contributed by atoms with Crippen molar-refractivity contribution in [1.82, 2.24) is 5.32 Å². The monoisotopic (exact) mass is 315 g/mol. The number of para-hydroxylation sites is 1. The van der Waals surface area contributed by atoms with E-state index in [-0.39, 0.29) is 0 Å². The number of ether oxygens (including phenoxy) is 1. The molecule has 1 aromatic rings. The molecule has 18 heavy (non-hydrogen) atoms. The first kappa shape index (κ1) is 15.5. The molecule has 0 amide bonds. The van der Waals surface area contributed by atoms with Crippen molar-refractivity contribution < 1.29 is 9.84 Å². The van der Waals surface area contributed by atoms with Gasteiger partial charge in [0.2, 0.25) is 0 Å². The Labute approximate surface area is 118 Å². The Hall–Kier alpha value is -0.580. The summed E-state index contributed by atoms with van der Waals surface area (Å²) in [5, 5.41) is 13.0.